The highest BCUT2D eigenvalue weighted by atomic mass is 16.5. The van der Waals surface area contributed by atoms with Gasteiger partial charge in [-0.3, -0.25) is 9.78 Å². The lowest BCUT2D eigenvalue weighted by molar-refractivity contribution is -0.131. The Balaban J connectivity index is 2.17. The lowest BCUT2D eigenvalue weighted by Gasteiger charge is -2.35. The molecule has 0 spiro atoms. The van der Waals surface area contributed by atoms with Crippen LogP contribution in [-0.4, -0.2) is 11.0 Å². The number of ether oxygens (including phenoxy) is 2. The molecule has 4 nitrogen and oxygen atoms in total. The number of fused-ring (bicyclic) bond motifs is 3. The minimum atomic E-state index is -0.468. The van der Waals surface area contributed by atoms with Gasteiger partial charge >= 0.3 is 5.97 Å². The highest BCUT2D eigenvalue weighted by Gasteiger charge is 2.35. The summed E-state index contributed by atoms with van der Waals surface area (Å²) in [5.74, 6) is 1.35. The van der Waals surface area contributed by atoms with Crippen molar-refractivity contribution in [3.05, 3.63) is 41.7 Å². The van der Waals surface area contributed by atoms with Crippen LogP contribution in [0.2, 0.25) is 0 Å². The minimum Gasteiger partial charge on any atom is -0.482 e. The maximum absolute atomic E-state index is 11.7. The molecule has 2 heterocycles. The third kappa shape index (κ3) is 3.46. The molecule has 1 aromatic carbocycles. The topological polar surface area (TPSA) is 48.4 Å². The SMILES string of the molecule is CCCCC(C)c1cc(OC(C)=O)c2c(c1)OC(C)(C)c1ccncc1-2. The van der Waals surface area contributed by atoms with Gasteiger partial charge in [0.25, 0.3) is 0 Å². The fraction of sp³-hybridized carbons (Fsp3) is 0.455. The number of hydrogen-bond acceptors (Lipinski definition) is 4. The van der Waals surface area contributed by atoms with E-state index in [2.05, 4.69) is 24.9 Å². The predicted octanol–water partition coefficient (Wildman–Crippen LogP) is 5.60. The molecule has 1 unspecified atom stereocenters. The molecule has 3 rings (SSSR count). The lowest BCUT2D eigenvalue weighted by atomic mass is 9.85. The van der Waals surface area contributed by atoms with Crippen LogP contribution in [0.15, 0.2) is 30.6 Å². The van der Waals surface area contributed by atoms with E-state index in [0.29, 0.717) is 11.7 Å². The van der Waals surface area contributed by atoms with Gasteiger partial charge in [-0.25, -0.2) is 0 Å². The van der Waals surface area contributed by atoms with E-state index in [0.717, 1.165) is 40.8 Å². The summed E-state index contributed by atoms with van der Waals surface area (Å²) in [6, 6.07) is 6.05. The number of nitrogens with zero attached hydrogens (tertiary/aromatic N) is 1. The fourth-order valence-corrected chi connectivity index (χ4v) is 3.60. The highest BCUT2D eigenvalue weighted by Crippen LogP contribution is 2.50. The third-order valence-electron chi connectivity index (χ3n) is 5.01. The maximum atomic E-state index is 11.7. The van der Waals surface area contributed by atoms with Gasteiger partial charge in [-0.05, 0) is 49.9 Å². The molecule has 4 heteroatoms. The van der Waals surface area contributed by atoms with Gasteiger partial charge in [0.1, 0.15) is 17.1 Å². The molecule has 0 saturated heterocycles. The van der Waals surface area contributed by atoms with E-state index in [-0.39, 0.29) is 5.97 Å². The van der Waals surface area contributed by atoms with Crippen LogP contribution in [0.1, 0.15) is 70.9 Å². The number of benzene rings is 1. The number of carbonyl (C=O) groups is 1. The van der Waals surface area contributed by atoms with E-state index in [1.165, 1.54) is 13.3 Å². The second kappa shape index (κ2) is 7.10. The van der Waals surface area contributed by atoms with Crippen LogP contribution in [0, 0.1) is 0 Å². The molecule has 1 aromatic heterocycles. The molecule has 0 fully saturated rings. The standard InChI is InChI=1S/C22H27NO3/c1-6-7-8-14(2)16-11-19(25-15(3)24)21-17-13-23-10-9-18(17)22(4,5)26-20(21)12-16/h9-14H,6-8H2,1-5H3. The van der Waals surface area contributed by atoms with Crippen molar-refractivity contribution in [3.63, 3.8) is 0 Å². The van der Waals surface area contributed by atoms with E-state index in [1.807, 2.05) is 32.2 Å². The lowest BCUT2D eigenvalue weighted by Crippen LogP contribution is -2.29. The summed E-state index contributed by atoms with van der Waals surface area (Å²) >= 11 is 0. The molecule has 0 saturated carbocycles. The Morgan fingerprint density at radius 1 is 1.35 bits per heavy atom. The summed E-state index contributed by atoms with van der Waals surface area (Å²) in [5, 5.41) is 0. The number of unbranched alkanes of at least 4 members (excludes halogenated alkanes) is 1. The minimum absolute atomic E-state index is 0.333. The van der Waals surface area contributed by atoms with Crippen molar-refractivity contribution in [1.29, 1.82) is 0 Å². The zero-order valence-corrected chi connectivity index (χ0v) is 16.3. The molecule has 138 valence electrons. The molecule has 1 atom stereocenters. The van der Waals surface area contributed by atoms with Gasteiger partial charge in [-0.1, -0.05) is 26.7 Å². The quantitative estimate of drug-likeness (QED) is 0.519. The van der Waals surface area contributed by atoms with Crippen LogP contribution < -0.4 is 9.47 Å². The van der Waals surface area contributed by atoms with E-state index in [9.17, 15) is 4.79 Å². The molecule has 1 aliphatic heterocycles. The number of carbonyl (C=O) groups excluding carboxylic acids is 1. The van der Waals surface area contributed by atoms with Crippen LogP contribution in [0.4, 0.5) is 0 Å². The first-order chi connectivity index (χ1) is 12.3. The first kappa shape index (κ1) is 18.4. The Kier molecular flexibility index (Phi) is 5.03. The molecule has 0 N–H and O–H groups in total. The molecule has 0 aliphatic carbocycles. The molecule has 26 heavy (non-hydrogen) atoms. The number of esters is 1. The average Bonchev–Trinajstić information content (AvgIpc) is 2.58. The van der Waals surface area contributed by atoms with E-state index >= 15 is 0 Å². The first-order valence-electron chi connectivity index (χ1n) is 9.33. The molecule has 0 radical (unpaired) electrons. The van der Waals surface area contributed by atoms with Crippen molar-refractivity contribution < 1.29 is 14.3 Å². The van der Waals surface area contributed by atoms with Crippen molar-refractivity contribution in [2.75, 3.05) is 0 Å². The Bertz CT molecular complexity index is 826. The Morgan fingerprint density at radius 2 is 2.12 bits per heavy atom. The zero-order chi connectivity index (χ0) is 18.9. The summed E-state index contributed by atoms with van der Waals surface area (Å²) in [4.78, 5) is 16.0. The van der Waals surface area contributed by atoms with Crippen LogP contribution >= 0.6 is 0 Å². The normalized spacial score (nSPS) is 15.4. The van der Waals surface area contributed by atoms with Crippen molar-refractivity contribution in [1.82, 2.24) is 4.98 Å². The molecule has 0 amide bonds. The van der Waals surface area contributed by atoms with Gasteiger partial charge in [0.2, 0.25) is 0 Å². The molecule has 2 aromatic rings. The van der Waals surface area contributed by atoms with Gasteiger partial charge in [0, 0.05) is 30.4 Å². The summed E-state index contributed by atoms with van der Waals surface area (Å²) in [6.07, 6.45) is 7.01. The Labute approximate surface area is 155 Å². The van der Waals surface area contributed by atoms with Crippen LogP contribution in [0.3, 0.4) is 0 Å². The van der Waals surface area contributed by atoms with E-state index < -0.39 is 5.60 Å². The second-order valence-corrected chi connectivity index (χ2v) is 7.56. The largest absolute Gasteiger partial charge is 0.482 e. The number of aromatic nitrogens is 1. The van der Waals surface area contributed by atoms with E-state index in [4.69, 9.17) is 9.47 Å². The van der Waals surface area contributed by atoms with Gasteiger partial charge in [0.15, 0.2) is 0 Å². The summed E-state index contributed by atoms with van der Waals surface area (Å²) in [7, 11) is 0. The molecule has 1 aliphatic rings. The van der Waals surface area contributed by atoms with Crippen LogP contribution in [0.25, 0.3) is 11.1 Å². The van der Waals surface area contributed by atoms with Crippen molar-refractivity contribution in [2.45, 2.75) is 65.4 Å². The van der Waals surface area contributed by atoms with Gasteiger partial charge in [-0.2, -0.15) is 0 Å². The van der Waals surface area contributed by atoms with Gasteiger partial charge < -0.3 is 9.47 Å². The number of rotatable bonds is 5. The number of hydrogen-bond donors (Lipinski definition) is 0. The first-order valence-corrected chi connectivity index (χ1v) is 9.33. The Morgan fingerprint density at radius 3 is 2.81 bits per heavy atom. The molecule has 0 bridgehead atoms. The summed E-state index contributed by atoms with van der Waals surface area (Å²) < 4.78 is 11.9. The summed E-state index contributed by atoms with van der Waals surface area (Å²) in [6.45, 7) is 9.93. The van der Waals surface area contributed by atoms with Crippen molar-refractivity contribution in [2.24, 2.45) is 0 Å². The highest BCUT2D eigenvalue weighted by molar-refractivity contribution is 5.84. The Hall–Kier alpha value is -2.36. The number of pyridine rings is 1. The molecular weight excluding hydrogens is 326 g/mol. The smallest absolute Gasteiger partial charge is 0.308 e. The molecular formula is C22H27NO3. The van der Waals surface area contributed by atoms with Crippen molar-refractivity contribution >= 4 is 5.97 Å². The van der Waals surface area contributed by atoms with Crippen LogP contribution in [-0.2, 0) is 10.4 Å². The predicted molar refractivity (Wildman–Crippen MR) is 103 cm³/mol. The average molecular weight is 353 g/mol. The van der Waals surface area contributed by atoms with Gasteiger partial charge in [0.05, 0.1) is 5.56 Å². The zero-order valence-electron chi connectivity index (χ0n) is 16.3. The third-order valence-corrected chi connectivity index (χ3v) is 5.01. The van der Waals surface area contributed by atoms with Crippen molar-refractivity contribution in [3.8, 4) is 22.6 Å². The summed E-state index contributed by atoms with van der Waals surface area (Å²) in [5.41, 5.74) is 3.48. The maximum Gasteiger partial charge on any atom is 0.308 e. The second-order valence-electron chi connectivity index (χ2n) is 7.56. The van der Waals surface area contributed by atoms with Gasteiger partial charge in [-0.15, -0.1) is 0 Å². The van der Waals surface area contributed by atoms with E-state index in [1.54, 1.807) is 6.20 Å². The van der Waals surface area contributed by atoms with Crippen LogP contribution in [0.5, 0.6) is 11.5 Å². The fourth-order valence-electron chi connectivity index (χ4n) is 3.60. The monoisotopic (exact) mass is 353 g/mol.